The summed E-state index contributed by atoms with van der Waals surface area (Å²) in [6, 6.07) is 9.73. The predicted molar refractivity (Wildman–Crippen MR) is 235 cm³/mol. The first-order valence-electron chi connectivity index (χ1n) is 23.3. The van der Waals surface area contributed by atoms with E-state index >= 15 is 0 Å². The number of ether oxygens (including phenoxy) is 1. The van der Waals surface area contributed by atoms with E-state index in [1.165, 1.54) is 62.9 Å². The Morgan fingerprint density at radius 3 is 2.52 bits per heavy atom. The molecule has 6 aliphatic rings. The molecule has 5 heterocycles. The smallest absolute Gasteiger partial charge is 0.434 e. The lowest BCUT2D eigenvalue weighted by molar-refractivity contribution is -0.141. The number of nitrogens with zero attached hydrogens (tertiary/aromatic N) is 7. The van der Waals surface area contributed by atoms with Crippen LogP contribution in [-0.2, 0) is 17.3 Å². The molecule has 0 spiro atoms. The van der Waals surface area contributed by atoms with Gasteiger partial charge < -0.3 is 40.3 Å². The number of rotatable bonds is 10. The van der Waals surface area contributed by atoms with Crippen molar-refractivity contribution in [2.75, 3.05) is 82.8 Å². The number of halogens is 3. The van der Waals surface area contributed by atoms with Gasteiger partial charge in [0.1, 0.15) is 11.6 Å². The normalized spacial score (nSPS) is 29.1. The first-order chi connectivity index (χ1) is 30.3. The molecule has 344 valence electrons. The number of amides is 1. The fourth-order valence-electron chi connectivity index (χ4n) is 11.7. The van der Waals surface area contributed by atoms with Crippen molar-refractivity contribution in [3.63, 3.8) is 0 Å². The van der Waals surface area contributed by atoms with E-state index in [2.05, 4.69) is 65.5 Å². The van der Waals surface area contributed by atoms with Gasteiger partial charge in [-0.25, -0.2) is 4.98 Å². The number of phenolic OH excluding ortho intramolecular Hbond substituents is 1. The maximum absolute atomic E-state index is 13.0. The van der Waals surface area contributed by atoms with Crippen LogP contribution in [0.4, 0.5) is 24.8 Å². The third kappa shape index (κ3) is 10.9. The third-order valence-corrected chi connectivity index (χ3v) is 15.2. The van der Waals surface area contributed by atoms with Crippen LogP contribution in [0.5, 0.6) is 5.75 Å². The maximum atomic E-state index is 13.0. The minimum absolute atomic E-state index is 0.00142. The molecule has 7 atom stereocenters. The molecule has 0 radical (unpaired) electrons. The van der Waals surface area contributed by atoms with Crippen LogP contribution in [0, 0.1) is 29.1 Å². The molecule has 63 heavy (non-hydrogen) atoms. The number of hydrogen-bond acceptors (Lipinski definition) is 12. The largest absolute Gasteiger partial charge is 0.508 e. The Balaban J connectivity index is 0.000000268. The third-order valence-electron chi connectivity index (χ3n) is 15.2. The number of nitrogens with one attached hydrogen (secondary N) is 2. The summed E-state index contributed by atoms with van der Waals surface area (Å²) >= 11 is 0. The minimum atomic E-state index is -4.46. The van der Waals surface area contributed by atoms with Gasteiger partial charge in [0.15, 0.2) is 17.2 Å². The average Bonchev–Trinajstić information content (AvgIpc) is 3.59. The summed E-state index contributed by atoms with van der Waals surface area (Å²) in [6.07, 6.45) is 8.48. The van der Waals surface area contributed by atoms with E-state index in [9.17, 15) is 28.2 Å². The Kier molecular flexibility index (Phi) is 14.4. The monoisotopic (exact) mass is 878 g/mol. The van der Waals surface area contributed by atoms with Crippen molar-refractivity contribution < 1.29 is 32.9 Å². The highest BCUT2D eigenvalue weighted by molar-refractivity contribution is 5.92. The quantitative estimate of drug-likeness (QED) is 0.167. The highest BCUT2D eigenvalue weighted by Crippen LogP contribution is 2.62. The van der Waals surface area contributed by atoms with Crippen LogP contribution in [0.25, 0.3) is 0 Å². The van der Waals surface area contributed by atoms with Gasteiger partial charge in [0.05, 0.1) is 31.1 Å². The summed E-state index contributed by atoms with van der Waals surface area (Å²) in [6.45, 7) is 12.0. The molecule has 0 bridgehead atoms. The number of carbonyl (C=O) groups excluding carboxylic acids is 1. The van der Waals surface area contributed by atoms with E-state index in [1.807, 2.05) is 24.3 Å². The van der Waals surface area contributed by atoms with Crippen molar-refractivity contribution in [2.24, 2.45) is 29.1 Å². The Morgan fingerprint density at radius 2 is 1.79 bits per heavy atom. The van der Waals surface area contributed by atoms with E-state index in [4.69, 9.17) is 4.74 Å². The summed E-state index contributed by atoms with van der Waals surface area (Å²) in [5, 5.41) is 36.0. The highest BCUT2D eigenvalue weighted by atomic mass is 19.4. The number of benzene rings is 1. The predicted octanol–water partition coefficient (Wildman–Crippen LogP) is 6.39. The van der Waals surface area contributed by atoms with E-state index in [0.29, 0.717) is 61.1 Å². The van der Waals surface area contributed by atoms with Crippen molar-refractivity contribution in [1.29, 1.82) is 0 Å². The minimum Gasteiger partial charge on any atom is -0.508 e. The maximum Gasteiger partial charge on any atom is 0.434 e. The molecule has 1 amide bonds. The zero-order valence-electron chi connectivity index (χ0n) is 36.9. The van der Waals surface area contributed by atoms with Crippen LogP contribution < -0.4 is 15.5 Å². The summed E-state index contributed by atoms with van der Waals surface area (Å²) in [5.41, 5.74) is 2.09. The van der Waals surface area contributed by atoms with Crippen molar-refractivity contribution in [3.05, 3.63) is 65.2 Å². The van der Waals surface area contributed by atoms with Crippen LogP contribution in [0.3, 0.4) is 0 Å². The topological polar surface area (TPSA) is 152 Å². The summed E-state index contributed by atoms with van der Waals surface area (Å²) in [7, 11) is 2.21. The first-order valence-corrected chi connectivity index (χ1v) is 23.3. The standard InChI is InChI=1S/C37H54N6O3.C10H12F3N3O/c1-37-14-11-30-29-6-5-28(44)23-27(29)22-26(35(30)31(37)7-9-33(37)45)4-3-15-38-36(46)32-8-10-34(40-39-32)43-16-12-25(13-17-43)24-42-20-18-41(2)19-21-42;11-10(12,13)8-4-14-5-9(16-8)15-7-2-1-3-17-6-7/h5-6,8,10,23,25-26,30-31,33,35,44-45H,3-4,7,9,11-22,24H2,1-2H3,(H,38,46);4-5,7H,1-3,6H2,(H,15,16). The number of aliphatic hydroxyl groups excluding tert-OH is 1. The molecule has 3 aromatic rings. The van der Waals surface area contributed by atoms with Gasteiger partial charge in [-0.3, -0.25) is 9.78 Å². The number of piperidine rings is 1. The zero-order valence-corrected chi connectivity index (χ0v) is 36.9. The van der Waals surface area contributed by atoms with Crippen molar-refractivity contribution >= 4 is 17.5 Å². The van der Waals surface area contributed by atoms with Crippen LogP contribution in [0.2, 0.25) is 0 Å². The molecule has 2 aromatic heterocycles. The Hall–Kier alpha value is -4.12. The van der Waals surface area contributed by atoms with Crippen molar-refractivity contribution in [3.8, 4) is 5.75 Å². The first kappa shape index (κ1) is 45.4. The fourth-order valence-corrected chi connectivity index (χ4v) is 11.7. The molecule has 3 aliphatic carbocycles. The molecule has 1 aromatic carbocycles. The number of fused-ring (bicyclic) bond motifs is 5. The van der Waals surface area contributed by atoms with Crippen molar-refractivity contribution in [1.82, 2.24) is 35.3 Å². The van der Waals surface area contributed by atoms with E-state index in [-0.39, 0.29) is 29.3 Å². The summed E-state index contributed by atoms with van der Waals surface area (Å²) in [5.74, 6) is 3.97. The lowest BCUT2D eigenvalue weighted by Crippen LogP contribution is -2.47. The molecule has 5 fully saturated rings. The Bertz CT molecular complexity index is 1970. The number of alkyl halides is 3. The zero-order chi connectivity index (χ0) is 44.1. The molecule has 4 N–H and O–H groups in total. The number of aromatic hydroxyl groups is 1. The molecular formula is C47H66F3N9O4. The number of anilines is 2. The van der Waals surface area contributed by atoms with Crippen LogP contribution >= 0.6 is 0 Å². The lowest BCUT2D eigenvalue weighted by Gasteiger charge is -2.53. The Labute approximate surface area is 369 Å². The average molecular weight is 878 g/mol. The molecule has 2 saturated carbocycles. The van der Waals surface area contributed by atoms with Gasteiger partial charge >= 0.3 is 6.18 Å². The van der Waals surface area contributed by atoms with Crippen molar-refractivity contribution in [2.45, 2.75) is 102 Å². The molecule has 9 rings (SSSR count). The number of hydrogen-bond donors (Lipinski definition) is 4. The van der Waals surface area contributed by atoms with Crippen LogP contribution in [0.1, 0.15) is 104 Å². The molecule has 7 unspecified atom stereocenters. The highest BCUT2D eigenvalue weighted by Gasteiger charge is 2.56. The number of likely N-dealkylation sites (N-methyl/N-ethyl adjacent to an activating group) is 1. The van der Waals surface area contributed by atoms with Crippen LogP contribution in [-0.4, -0.2) is 131 Å². The van der Waals surface area contributed by atoms with Gasteiger partial charge in [-0.05, 0) is 148 Å². The second-order valence-electron chi connectivity index (χ2n) is 19.3. The van der Waals surface area contributed by atoms with E-state index < -0.39 is 11.9 Å². The molecule has 3 saturated heterocycles. The lowest BCUT2D eigenvalue weighted by atomic mass is 9.52. The molecular weight excluding hydrogens is 812 g/mol. The number of piperazine rings is 1. The summed E-state index contributed by atoms with van der Waals surface area (Å²) in [4.78, 5) is 27.4. The number of phenols is 1. The van der Waals surface area contributed by atoms with E-state index in [1.54, 1.807) is 0 Å². The molecule has 3 aliphatic heterocycles. The second-order valence-corrected chi connectivity index (χ2v) is 19.3. The molecule has 13 nitrogen and oxygen atoms in total. The van der Waals surface area contributed by atoms with Gasteiger partial charge in [0.2, 0.25) is 0 Å². The van der Waals surface area contributed by atoms with Gasteiger partial charge in [0.25, 0.3) is 5.91 Å². The van der Waals surface area contributed by atoms with Gasteiger partial charge in [0, 0.05) is 59.0 Å². The molecule has 16 heteroatoms. The number of carbonyl (C=O) groups is 1. The van der Waals surface area contributed by atoms with Gasteiger partial charge in [-0.15, -0.1) is 10.2 Å². The fraction of sp³-hybridized carbons (Fsp3) is 0.681. The number of aromatic nitrogens is 4. The van der Waals surface area contributed by atoms with Gasteiger partial charge in [-0.1, -0.05) is 13.0 Å². The SMILES string of the molecule is CN1CCN(CC2CCN(c3ccc(C(=O)NCCCC4Cc5cc(O)ccc5C5CCC6(C)C(O)CCC6C45)nn3)CC2)CC1.FC(F)(F)c1cncc(NC2CCCOC2)n1. The Morgan fingerprint density at radius 1 is 0.984 bits per heavy atom. The van der Waals surface area contributed by atoms with Gasteiger partial charge in [-0.2, -0.15) is 13.2 Å². The number of aliphatic hydroxyl groups is 1. The summed E-state index contributed by atoms with van der Waals surface area (Å²) < 4.78 is 42.4. The second kappa shape index (κ2) is 20.0. The van der Waals surface area contributed by atoms with Crippen LogP contribution in [0.15, 0.2) is 42.7 Å². The van der Waals surface area contributed by atoms with E-state index in [0.717, 1.165) is 82.6 Å².